The summed E-state index contributed by atoms with van der Waals surface area (Å²) in [5.41, 5.74) is 0.964. The van der Waals surface area contributed by atoms with E-state index in [1.165, 1.54) is 6.08 Å². The summed E-state index contributed by atoms with van der Waals surface area (Å²) in [6, 6.07) is 9.55. The van der Waals surface area contributed by atoms with Gasteiger partial charge in [0.2, 0.25) is 0 Å². The van der Waals surface area contributed by atoms with Gasteiger partial charge in [-0.1, -0.05) is 36.9 Å². The molecule has 2 heteroatoms. The summed E-state index contributed by atoms with van der Waals surface area (Å²) >= 11 is 0. The molecule has 1 aromatic rings. The molecule has 0 aliphatic rings. The highest BCUT2D eigenvalue weighted by atomic mass is 16.5. The summed E-state index contributed by atoms with van der Waals surface area (Å²) in [5, 5.41) is 0. The third-order valence-corrected chi connectivity index (χ3v) is 1.49. The van der Waals surface area contributed by atoms with Gasteiger partial charge in [-0.15, -0.1) is 0 Å². The van der Waals surface area contributed by atoms with Gasteiger partial charge in [0.25, 0.3) is 0 Å². The molecule has 0 bridgehead atoms. The molecule has 1 rings (SSSR count). The monoisotopic (exact) mass is 188 g/mol. The lowest BCUT2D eigenvalue weighted by Gasteiger charge is -1.97. The van der Waals surface area contributed by atoms with E-state index in [0.717, 1.165) is 5.56 Å². The molecule has 2 nitrogen and oxygen atoms in total. The summed E-state index contributed by atoms with van der Waals surface area (Å²) in [7, 11) is 0. The van der Waals surface area contributed by atoms with Crippen LogP contribution >= 0.6 is 0 Å². The lowest BCUT2D eigenvalue weighted by molar-refractivity contribution is -0.133. The molecule has 0 aliphatic heterocycles. The van der Waals surface area contributed by atoms with Crippen molar-refractivity contribution in [2.75, 3.05) is 0 Å². The van der Waals surface area contributed by atoms with Crippen LogP contribution in [0.15, 0.2) is 48.7 Å². The highest BCUT2D eigenvalue weighted by Crippen LogP contribution is 2.01. The third kappa shape index (κ3) is 3.72. The van der Waals surface area contributed by atoms with Crippen molar-refractivity contribution in [3.63, 3.8) is 0 Å². The van der Waals surface area contributed by atoms with E-state index in [9.17, 15) is 4.79 Å². The predicted octanol–water partition coefficient (Wildman–Crippen LogP) is 2.78. The maximum atomic E-state index is 11.1. The van der Waals surface area contributed by atoms with Crippen molar-refractivity contribution in [2.45, 2.75) is 6.92 Å². The molecule has 0 amide bonds. The van der Waals surface area contributed by atoms with E-state index < -0.39 is 5.97 Å². The van der Waals surface area contributed by atoms with Crippen LogP contribution in [-0.4, -0.2) is 5.97 Å². The maximum absolute atomic E-state index is 11.1. The molecule has 0 radical (unpaired) electrons. The zero-order valence-electron chi connectivity index (χ0n) is 8.07. The quantitative estimate of drug-likeness (QED) is 0.414. The lowest BCUT2D eigenvalue weighted by atomic mass is 10.2. The molecule has 0 atom stereocenters. The van der Waals surface area contributed by atoms with E-state index in [1.54, 1.807) is 13.0 Å². The van der Waals surface area contributed by atoms with Crippen molar-refractivity contribution >= 4 is 12.0 Å². The van der Waals surface area contributed by atoms with Gasteiger partial charge in [0.15, 0.2) is 0 Å². The Bertz CT molecular complexity index is 350. The SMILES string of the molecule is C=C(C)OC(=O)/C=C/c1ccccc1. The first-order chi connectivity index (χ1) is 6.68. The van der Waals surface area contributed by atoms with E-state index in [1.807, 2.05) is 30.3 Å². The van der Waals surface area contributed by atoms with Crippen molar-refractivity contribution in [3.05, 3.63) is 54.3 Å². The number of esters is 1. The number of allylic oxidation sites excluding steroid dienone is 1. The van der Waals surface area contributed by atoms with Crippen molar-refractivity contribution in [1.29, 1.82) is 0 Å². The maximum Gasteiger partial charge on any atom is 0.335 e. The number of benzene rings is 1. The summed E-state index contributed by atoms with van der Waals surface area (Å²) < 4.78 is 4.75. The van der Waals surface area contributed by atoms with E-state index in [0.29, 0.717) is 5.76 Å². The van der Waals surface area contributed by atoms with Gasteiger partial charge in [-0.25, -0.2) is 4.79 Å². The average molecular weight is 188 g/mol. The largest absolute Gasteiger partial charge is 0.429 e. The Morgan fingerprint density at radius 3 is 2.57 bits per heavy atom. The lowest BCUT2D eigenvalue weighted by Crippen LogP contribution is -1.96. The molecule has 0 N–H and O–H groups in total. The zero-order valence-corrected chi connectivity index (χ0v) is 8.07. The minimum atomic E-state index is -0.402. The number of carbonyl (C=O) groups excluding carboxylic acids is 1. The van der Waals surface area contributed by atoms with E-state index >= 15 is 0 Å². The normalized spacial score (nSPS) is 10.1. The number of carbonyl (C=O) groups is 1. The topological polar surface area (TPSA) is 26.3 Å². The van der Waals surface area contributed by atoms with Crippen LogP contribution in [0.25, 0.3) is 6.08 Å². The molecule has 0 unspecified atom stereocenters. The highest BCUT2D eigenvalue weighted by Gasteiger charge is 1.95. The Hall–Kier alpha value is -1.83. The second-order valence-electron chi connectivity index (χ2n) is 2.87. The Balaban J connectivity index is 2.56. The minimum Gasteiger partial charge on any atom is -0.429 e. The number of rotatable bonds is 3. The van der Waals surface area contributed by atoms with Crippen LogP contribution in [0, 0.1) is 0 Å². The van der Waals surface area contributed by atoms with Gasteiger partial charge in [-0.2, -0.15) is 0 Å². The Labute approximate surface area is 83.5 Å². The summed E-state index contributed by atoms with van der Waals surface area (Å²) in [5.74, 6) is -0.00550. The van der Waals surface area contributed by atoms with Crippen LogP contribution in [0.5, 0.6) is 0 Å². The van der Waals surface area contributed by atoms with Crippen molar-refractivity contribution in [2.24, 2.45) is 0 Å². The van der Waals surface area contributed by atoms with E-state index in [4.69, 9.17) is 4.74 Å². The van der Waals surface area contributed by atoms with E-state index in [-0.39, 0.29) is 0 Å². The summed E-state index contributed by atoms with van der Waals surface area (Å²) in [6.07, 6.45) is 3.08. The molecular weight excluding hydrogens is 176 g/mol. The van der Waals surface area contributed by atoms with Gasteiger partial charge in [-0.3, -0.25) is 0 Å². The molecule has 1 aromatic carbocycles. The third-order valence-electron chi connectivity index (χ3n) is 1.49. The molecule has 0 fully saturated rings. The molecular formula is C12H12O2. The van der Waals surface area contributed by atoms with Gasteiger partial charge in [0, 0.05) is 6.08 Å². The van der Waals surface area contributed by atoms with Crippen LogP contribution in [0.3, 0.4) is 0 Å². The number of hydrogen-bond acceptors (Lipinski definition) is 2. The fourth-order valence-electron chi connectivity index (χ4n) is 0.934. The van der Waals surface area contributed by atoms with Crippen molar-refractivity contribution < 1.29 is 9.53 Å². The number of ether oxygens (including phenoxy) is 1. The molecule has 0 saturated heterocycles. The Morgan fingerprint density at radius 1 is 1.36 bits per heavy atom. The van der Waals surface area contributed by atoms with Gasteiger partial charge in [-0.05, 0) is 18.6 Å². The molecule has 0 heterocycles. The standard InChI is InChI=1S/C12H12O2/c1-10(2)14-12(13)9-8-11-6-4-3-5-7-11/h3-9H,1H2,2H3/b9-8+. The van der Waals surface area contributed by atoms with Crippen LogP contribution in [-0.2, 0) is 9.53 Å². The molecule has 14 heavy (non-hydrogen) atoms. The minimum absolute atomic E-state index is 0.396. The average Bonchev–Trinajstić information content (AvgIpc) is 2.15. The first-order valence-corrected chi connectivity index (χ1v) is 4.29. The molecule has 0 spiro atoms. The Kier molecular flexibility index (Phi) is 3.68. The second-order valence-corrected chi connectivity index (χ2v) is 2.87. The van der Waals surface area contributed by atoms with Gasteiger partial charge in [0.1, 0.15) is 0 Å². The first-order valence-electron chi connectivity index (χ1n) is 4.29. The van der Waals surface area contributed by atoms with Gasteiger partial charge in [0.05, 0.1) is 5.76 Å². The highest BCUT2D eigenvalue weighted by molar-refractivity contribution is 5.87. The predicted molar refractivity (Wildman–Crippen MR) is 56.4 cm³/mol. The van der Waals surface area contributed by atoms with E-state index in [2.05, 4.69) is 6.58 Å². The van der Waals surface area contributed by atoms with Crippen LogP contribution < -0.4 is 0 Å². The van der Waals surface area contributed by atoms with Gasteiger partial charge < -0.3 is 4.74 Å². The zero-order chi connectivity index (χ0) is 10.4. The van der Waals surface area contributed by atoms with Crippen LogP contribution in [0.1, 0.15) is 12.5 Å². The fourth-order valence-corrected chi connectivity index (χ4v) is 0.934. The molecule has 0 saturated carbocycles. The van der Waals surface area contributed by atoms with Crippen molar-refractivity contribution in [1.82, 2.24) is 0 Å². The Morgan fingerprint density at radius 2 is 2.00 bits per heavy atom. The molecule has 72 valence electrons. The van der Waals surface area contributed by atoms with Crippen LogP contribution in [0.2, 0.25) is 0 Å². The number of hydrogen-bond donors (Lipinski definition) is 0. The van der Waals surface area contributed by atoms with Crippen LogP contribution in [0.4, 0.5) is 0 Å². The van der Waals surface area contributed by atoms with Crippen molar-refractivity contribution in [3.8, 4) is 0 Å². The second kappa shape index (κ2) is 5.02. The molecule has 0 aliphatic carbocycles. The first kappa shape index (κ1) is 10.3. The smallest absolute Gasteiger partial charge is 0.335 e. The summed E-state index contributed by atoms with van der Waals surface area (Å²) in [6.45, 7) is 5.11. The summed E-state index contributed by atoms with van der Waals surface area (Å²) in [4.78, 5) is 11.1. The van der Waals surface area contributed by atoms with Gasteiger partial charge >= 0.3 is 5.97 Å². The molecule has 0 aromatic heterocycles. The fraction of sp³-hybridized carbons (Fsp3) is 0.0833.